The fourth-order valence-corrected chi connectivity index (χ4v) is 4.74. The quantitative estimate of drug-likeness (QED) is 0.331. The van der Waals surface area contributed by atoms with Crippen LogP contribution in [-0.2, 0) is 4.79 Å². The SMILES string of the molecule is C=C.C=CC=O.CC1CC=C2C(CCC3C(C)CCCC23)C1. The zero-order valence-corrected chi connectivity index (χ0v) is 14.6. The number of carbonyl (C=O) groups is 1. The van der Waals surface area contributed by atoms with Gasteiger partial charge in [0.1, 0.15) is 6.29 Å². The Labute approximate surface area is 137 Å². The lowest BCUT2D eigenvalue weighted by molar-refractivity contribution is -0.104. The van der Waals surface area contributed by atoms with Gasteiger partial charge < -0.3 is 0 Å². The summed E-state index contributed by atoms with van der Waals surface area (Å²) in [4.78, 5) is 9.06. The van der Waals surface area contributed by atoms with Crippen LogP contribution in [0.5, 0.6) is 0 Å². The van der Waals surface area contributed by atoms with Crippen LogP contribution in [0.3, 0.4) is 0 Å². The van der Waals surface area contributed by atoms with Crippen LogP contribution in [0.4, 0.5) is 0 Å². The smallest absolute Gasteiger partial charge is 0.142 e. The van der Waals surface area contributed by atoms with Crippen molar-refractivity contribution in [3.05, 3.63) is 37.5 Å². The molecular formula is C21H34O. The Morgan fingerprint density at radius 3 is 2.45 bits per heavy atom. The number of hydrogen-bond acceptors (Lipinski definition) is 1. The van der Waals surface area contributed by atoms with E-state index in [-0.39, 0.29) is 0 Å². The highest BCUT2D eigenvalue weighted by atomic mass is 16.1. The fraction of sp³-hybridized carbons (Fsp3) is 0.667. The Balaban J connectivity index is 0.000000354. The van der Waals surface area contributed by atoms with Crippen LogP contribution in [0.25, 0.3) is 0 Å². The summed E-state index contributed by atoms with van der Waals surface area (Å²) < 4.78 is 0. The predicted octanol–water partition coefficient (Wildman–Crippen LogP) is 5.98. The second-order valence-electron chi connectivity index (χ2n) is 7.11. The van der Waals surface area contributed by atoms with E-state index in [0.29, 0.717) is 6.29 Å². The maximum atomic E-state index is 9.06. The zero-order chi connectivity index (χ0) is 16.5. The maximum absolute atomic E-state index is 9.06. The van der Waals surface area contributed by atoms with Crippen molar-refractivity contribution in [3.8, 4) is 0 Å². The van der Waals surface area contributed by atoms with Gasteiger partial charge in [-0.1, -0.05) is 44.9 Å². The van der Waals surface area contributed by atoms with Crippen molar-refractivity contribution < 1.29 is 4.79 Å². The largest absolute Gasteiger partial charge is 0.299 e. The molecule has 3 aliphatic carbocycles. The Kier molecular flexibility index (Phi) is 8.45. The van der Waals surface area contributed by atoms with Crippen molar-refractivity contribution in [1.82, 2.24) is 0 Å². The minimum atomic E-state index is 0.639. The second-order valence-corrected chi connectivity index (χ2v) is 7.11. The number of allylic oxidation sites excluding steroid dienone is 3. The van der Waals surface area contributed by atoms with E-state index >= 15 is 0 Å². The lowest BCUT2D eigenvalue weighted by Gasteiger charge is -2.47. The maximum Gasteiger partial charge on any atom is 0.142 e. The summed E-state index contributed by atoms with van der Waals surface area (Å²) in [6.07, 6.45) is 14.9. The van der Waals surface area contributed by atoms with Crippen LogP contribution in [-0.4, -0.2) is 6.29 Å². The first-order valence-corrected chi connectivity index (χ1v) is 8.93. The monoisotopic (exact) mass is 302 g/mol. The van der Waals surface area contributed by atoms with Crippen molar-refractivity contribution in [2.24, 2.45) is 29.6 Å². The summed E-state index contributed by atoms with van der Waals surface area (Å²) in [5, 5.41) is 0. The first-order chi connectivity index (χ1) is 10.7. The Morgan fingerprint density at radius 2 is 1.82 bits per heavy atom. The summed E-state index contributed by atoms with van der Waals surface area (Å²) in [5.41, 5.74) is 1.90. The van der Waals surface area contributed by atoms with Gasteiger partial charge in [0.15, 0.2) is 0 Å². The van der Waals surface area contributed by atoms with Crippen LogP contribution in [0, 0.1) is 29.6 Å². The predicted molar refractivity (Wildman–Crippen MR) is 96.7 cm³/mol. The highest BCUT2D eigenvalue weighted by Gasteiger charge is 2.40. The highest BCUT2D eigenvalue weighted by molar-refractivity contribution is 5.63. The minimum Gasteiger partial charge on any atom is -0.299 e. The molecule has 1 heteroatoms. The van der Waals surface area contributed by atoms with E-state index in [1.54, 1.807) is 0 Å². The third-order valence-corrected chi connectivity index (χ3v) is 5.71. The minimum absolute atomic E-state index is 0.639. The lowest BCUT2D eigenvalue weighted by Crippen LogP contribution is -2.36. The molecule has 5 atom stereocenters. The van der Waals surface area contributed by atoms with Crippen LogP contribution in [0.1, 0.15) is 58.8 Å². The lowest BCUT2D eigenvalue weighted by atomic mass is 9.58. The number of fused-ring (bicyclic) bond motifs is 3. The summed E-state index contributed by atoms with van der Waals surface area (Å²) in [7, 11) is 0. The van der Waals surface area contributed by atoms with E-state index in [1.165, 1.54) is 51.0 Å². The molecule has 0 aromatic heterocycles. The molecule has 3 aliphatic rings. The second kappa shape index (κ2) is 9.82. The topological polar surface area (TPSA) is 17.1 Å². The van der Waals surface area contributed by atoms with Crippen LogP contribution in [0.15, 0.2) is 37.5 Å². The van der Waals surface area contributed by atoms with Gasteiger partial charge in [0, 0.05) is 0 Å². The molecule has 0 amide bonds. The molecule has 2 saturated carbocycles. The normalized spacial score (nSPS) is 35.9. The van der Waals surface area contributed by atoms with E-state index in [0.717, 1.165) is 29.6 Å². The number of hydrogen-bond donors (Lipinski definition) is 0. The third kappa shape index (κ3) is 4.69. The van der Waals surface area contributed by atoms with E-state index in [9.17, 15) is 0 Å². The molecule has 124 valence electrons. The molecule has 0 saturated heterocycles. The van der Waals surface area contributed by atoms with Gasteiger partial charge in [0.25, 0.3) is 0 Å². The van der Waals surface area contributed by atoms with Gasteiger partial charge in [-0.25, -0.2) is 0 Å². The van der Waals surface area contributed by atoms with Gasteiger partial charge in [0.05, 0.1) is 0 Å². The van der Waals surface area contributed by atoms with Gasteiger partial charge in [-0.15, -0.1) is 13.2 Å². The summed E-state index contributed by atoms with van der Waals surface area (Å²) in [6, 6.07) is 0. The van der Waals surface area contributed by atoms with Gasteiger partial charge in [0.2, 0.25) is 0 Å². The van der Waals surface area contributed by atoms with Crippen LogP contribution < -0.4 is 0 Å². The Bertz CT molecular complexity index is 375. The Morgan fingerprint density at radius 1 is 1.14 bits per heavy atom. The molecule has 2 fully saturated rings. The zero-order valence-electron chi connectivity index (χ0n) is 14.6. The fourth-order valence-electron chi connectivity index (χ4n) is 4.74. The molecule has 3 rings (SSSR count). The molecule has 0 N–H and O–H groups in total. The molecule has 0 spiro atoms. The average Bonchev–Trinajstić information content (AvgIpc) is 2.56. The van der Waals surface area contributed by atoms with Crippen molar-refractivity contribution in [3.63, 3.8) is 0 Å². The van der Waals surface area contributed by atoms with Gasteiger partial charge in [-0.3, -0.25) is 4.79 Å². The standard InChI is InChI=1S/C16H26.C3H4O.C2H4/c1-11-6-8-15-13(10-11)7-9-14-12(2)4-3-5-16(14)15;1-2-3-4;1-2/h8,11-14,16H,3-7,9-10H2,1-2H3;2-3H,1H2;1-2H2. The van der Waals surface area contributed by atoms with Crippen molar-refractivity contribution in [2.75, 3.05) is 0 Å². The molecule has 0 aliphatic heterocycles. The summed E-state index contributed by atoms with van der Waals surface area (Å²) >= 11 is 0. The highest BCUT2D eigenvalue weighted by Crippen LogP contribution is 2.51. The molecule has 0 radical (unpaired) electrons. The molecule has 1 nitrogen and oxygen atoms in total. The molecular weight excluding hydrogens is 268 g/mol. The van der Waals surface area contributed by atoms with Crippen LogP contribution >= 0.6 is 0 Å². The van der Waals surface area contributed by atoms with E-state index < -0.39 is 0 Å². The van der Waals surface area contributed by atoms with E-state index in [2.05, 4.69) is 39.7 Å². The first kappa shape index (κ1) is 18.9. The van der Waals surface area contributed by atoms with Gasteiger partial charge in [-0.2, -0.15) is 0 Å². The molecule has 5 unspecified atom stereocenters. The molecule has 0 aromatic rings. The third-order valence-electron chi connectivity index (χ3n) is 5.71. The van der Waals surface area contributed by atoms with Crippen molar-refractivity contribution in [2.45, 2.75) is 58.8 Å². The van der Waals surface area contributed by atoms with Crippen molar-refractivity contribution >= 4 is 6.29 Å². The van der Waals surface area contributed by atoms with Crippen molar-refractivity contribution in [1.29, 1.82) is 0 Å². The first-order valence-electron chi connectivity index (χ1n) is 8.93. The van der Waals surface area contributed by atoms with Gasteiger partial charge >= 0.3 is 0 Å². The van der Waals surface area contributed by atoms with E-state index in [4.69, 9.17) is 4.79 Å². The Hall–Kier alpha value is -1.11. The molecule has 0 heterocycles. The summed E-state index contributed by atoms with van der Waals surface area (Å²) in [6.45, 7) is 14.0. The number of aldehydes is 1. The molecule has 22 heavy (non-hydrogen) atoms. The van der Waals surface area contributed by atoms with Gasteiger partial charge in [-0.05, 0) is 67.8 Å². The summed E-state index contributed by atoms with van der Waals surface area (Å²) in [5.74, 6) is 4.97. The number of carbonyl (C=O) groups excluding carboxylic acids is 1. The molecule has 0 aromatic carbocycles. The number of rotatable bonds is 1. The van der Waals surface area contributed by atoms with Crippen LogP contribution in [0.2, 0.25) is 0 Å². The van der Waals surface area contributed by atoms with E-state index in [1.807, 2.05) is 5.57 Å². The average molecular weight is 303 g/mol. The molecule has 0 bridgehead atoms.